The molecule has 5 heteroatoms. The lowest BCUT2D eigenvalue weighted by Crippen LogP contribution is -2.35. The highest BCUT2D eigenvalue weighted by molar-refractivity contribution is 5.76. The van der Waals surface area contributed by atoms with Gasteiger partial charge in [-0.25, -0.2) is 0 Å². The fourth-order valence-corrected chi connectivity index (χ4v) is 3.10. The van der Waals surface area contributed by atoms with E-state index in [0.29, 0.717) is 6.42 Å². The number of methoxy groups -OCH3 is 2. The van der Waals surface area contributed by atoms with E-state index in [1.165, 1.54) is 11.1 Å². The van der Waals surface area contributed by atoms with Crippen LogP contribution in [0.2, 0.25) is 0 Å². The number of amides is 1. The summed E-state index contributed by atoms with van der Waals surface area (Å²) in [5.41, 5.74) is 2.58. The van der Waals surface area contributed by atoms with E-state index in [1.807, 2.05) is 11.9 Å². The highest BCUT2D eigenvalue weighted by Gasteiger charge is 2.20. The van der Waals surface area contributed by atoms with Crippen molar-refractivity contribution >= 4 is 5.91 Å². The van der Waals surface area contributed by atoms with E-state index >= 15 is 0 Å². The third kappa shape index (κ3) is 4.63. The first-order valence-corrected chi connectivity index (χ1v) is 8.79. The van der Waals surface area contributed by atoms with Gasteiger partial charge in [0.25, 0.3) is 0 Å². The van der Waals surface area contributed by atoms with Gasteiger partial charge in [-0.05, 0) is 36.1 Å². The molecule has 24 heavy (non-hydrogen) atoms. The van der Waals surface area contributed by atoms with Crippen LogP contribution in [0.3, 0.4) is 0 Å². The maximum absolute atomic E-state index is 12.2. The molecule has 0 radical (unpaired) electrons. The molecule has 1 aliphatic rings. The Kier molecular flexibility index (Phi) is 6.91. The van der Waals surface area contributed by atoms with Crippen LogP contribution in [0.5, 0.6) is 11.5 Å². The summed E-state index contributed by atoms with van der Waals surface area (Å²) in [5.74, 6) is 1.80. The lowest BCUT2D eigenvalue weighted by molar-refractivity contribution is -0.130. The van der Waals surface area contributed by atoms with Crippen LogP contribution in [-0.2, 0) is 17.8 Å². The third-order valence-electron chi connectivity index (χ3n) is 4.71. The van der Waals surface area contributed by atoms with Crippen LogP contribution in [-0.4, -0.2) is 56.6 Å². The monoisotopic (exact) mass is 334 g/mol. The van der Waals surface area contributed by atoms with Crippen LogP contribution in [0.15, 0.2) is 12.1 Å². The van der Waals surface area contributed by atoms with E-state index in [2.05, 4.69) is 24.0 Å². The summed E-state index contributed by atoms with van der Waals surface area (Å²) in [6.07, 6.45) is 3.76. The van der Waals surface area contributed by atoms with Gasteiger partial charge in [-0.3, -0.25) is 9.69 Å². The van der Waals surface area contributed by atoms with Crippen molar-refractivity contribution in [2.45, 2.75) is 39.2 Å². The maximum Gasteiger partial charge on any atom is 0.223 e. The number of rotatable bonds is 8. The van der Waals surface area contributed by atoms with Crippen molar-refractivity contribution in [1.82, 2.24) is 9.80 Å². The molecule has 0 N–H and O–H groups in total. The fraction of sp³-hybridized carbons (Fsp3) is 0.632. The largest absolute Gasteiger partial charge is 0.493 e. The second-order valence-corrected chi connectivity index (χ2v) is 6.42. The van der Waals surface area contributed by atoms with Crippen molar-refractivity contribution in [2.75, 3.05) is 40.9 Å². The third-order valence-corrected chi connectivity index (χ3v) is 4.71. The predicted octanol–water partition coefficient (Wildman–Crippen LogP) is 2.71. The number of hydrogen-bond donors (Lipinski definition) is 0. The van der Waals surface area contributed by atoms with Crippen LogP contribution >= 0.6 is 0 Å². The molecule has 0 fully saturated rings. The maximum atomic E-state index is 12.2. The topological polar surface area (TPSA) is 42.0 Å². The molecule has 0 saturated carbocycles. The van der Waals surface area contributed by atoms with E-state index in [9.17, 15) is 4.79 Å². The van der Waals surface area contributed by atoms with Crippen LogP contribution in [0.25, 0.3) is 0 Å². The van der Waals surface area contributed by atoms with Crippen LogP contribution in [0.1, 0.15) is 37.3 Å². The molecule has 0 unspecified atom stereocenters. The van der Waals surface area contributed by atoms with Gasteiger partial charge in [0.1, 0.15) is 0 Å². The summed E-state index contributed by atoms with van der Waals surface area (Å²) in [5, 5.41) is 0. The number of carbonyl (C=O) groups is 1. The van der Waals surface area contributed by atoms with Gasteiger partial charge in [0.15, 0.2) is 11.5 Å². The van der Waals surface area contributed by atoms with Gasteiger partial charge in [0, 0.05) is 39.6 Å². The van der Waals surface area contributed by atoms with Gasteiger partial charge < -0.3 is 14.4 Å². The molecule has 1 aromatic carbocycles. The van der Waals surface area contributed by atoms with Crippen molar-refractivity contribution in [3.8, 4) is 11.5 Å². The minimum absolute atomic E-state index is 0.238. The molecular formula is C19H30N2O3. The first kappa shape index (κ1) is 18.6. The quantitative estimate of drug-likeness (QED) is 0.733. The predicted molar refractivity (Wildman–Crippen MR) is 95.7 cm³/mol. The zero-order valence-electron chi connectivity index (χ0n) is 15.4. The molecule has 0 bridgehead atoms. The normalized spacial score (nSPS) is 14.2. The molecule has 1 heterocycles. The molecule has 5 nitrogen and oxygen atoms in total. The molecule has 0 aliphatic carbocycles. The molecule has 1 aliphatic heterocycles. The molecule has 1 amide bonds. The zero-order chi connectivity index (χ0) is 17.5. The van der Waals surface area contributed by atoms with Crippen molar-refractivity contribution in [2.24, 2.45) is 0 Å². The summed E-state index contributed by atoms with van der Waals surface area (Å²) in [6.45, 7) is 5.65. The minimum atomic E-state index is 0.238. The van der Waals surface area contributed by atoms with Crippen molar-refractivity contribution < 1.29 is 14.3 Å². The number of benzene rings is 1. The Morgan fingerprint density at radius 1 is 1.21 bits per heavy atom. The van der Waals surface area contributed by atoms with Crippen molar-refractivity contribution in [1.29, 1.82) is 0 Å². The molecule has 1 aromatic rings. The molecule has 0 saturated heterocycles. The smallest absolute Gasteiger partial charge is 0.223 e. The number of unbranched alkanes of at least 4 members (excludes halogenated alkanes) is 1. The second kappa shape index (κ2) is 8.92. The SMILES string of the molecule is CCCCN(C)C(=O)CCN1CCc2cc(OC)c(OC)cc2C1. The summed E-state index contributed by atoms with van der Waals surface area (Å²) in [7, 11) is 5.23. The standard InChI is InChI=1S/C19H30N2O3/c1-5-6-9-20(2)19(22)8-11-21-10-7-15-12-17(23-3)18(24-4)13-16(15)14-21/h12-13H,5-11,14H2,1-4H3. The minimum Gasteiger partial charge on any atom is -0.493 e. The highest BCUT2D eigenvalue weighted by atomic mass is 16.5. The highest BCUT2D eigenvalue weighted by Crippen LogP contribution is 2.33. The number of carbonyl (C=O) groups excluding carboxylic acids is 1. The van der Waals surface area contributed by atoms with Crippen LogP contribution in [0, 0.1) is 0 Å². The fourth-order valence-electron chi connectivity index (χ4n) is 3.10. The Hall–Kier alpha value is -1.75. The van der Waals surface area contributed by atoms with Gasteiger partial charge in [0.2, 0.25) is 5.91 Å². The van der Waals surface area contributed by atoms with E-state index < -0.39 is 0 Å². The summed E-state index contributed by atoms with van der Waals surface area (Å²) >= 11 is 0. The average Bonchev–Trinajstić information content (AvgIpc) is 2.62. The lowest BCUT2D eigenvalue weighted by Gasteiger charge is -2.30. The number of fused-ring (bicyclic) bond motifs is 1. The Bertz CT molecular complexity index is 560. The number of ether oxygens (including phenoxy) is 2. The van der Waals surface area contributed by atoms with Crippen LogP contribution < -0.4 is 9.47 Å². The molecule has 2 rings (SSSR count). The van der Waals surface area contributed by atoms with E-state index in [-0.39, 0.29) is 5.91 Å². The Labute approximate surface area is 145 Å². The molecular weight excluding hydrogens is 304 g/mol. The van der Waals surface area contributed by atoms with E-state index in [0.717, 1.165) is 56.9 Å². The molecule has 134 valence electrons. The first-order chi connectivity index (χ1) is 11.6. The summed E-state index contributed by atoms with van der Waals surface area (Å²) < 4.78 is 10.8. The number of nitrogens with zero attached hydrogens (tertiary/aromatic N) is 2. The average molecular weight is 334 g/mol. The second-order valence-electron chi connectivity index (χ2n) is 6.42. The van der Waals surface area contributed by atoms with Gasteiger partial charge in [-0.15, -0.1) is 0 Å². The zero-order valence-corrected chi connectivity index (χ0v) is 15.4. The molecule has 0 atom stereocenters. The first-order valence-electron chi connectivity index (χ1n) is 8.79. The summed E-state index contributed by atoms with van der Waals surface area (Å²) in [6, 6.07) is 4.14. The Balaban J connectivity index is 1.91. The Morgan fingerprint density at radius 2 is 1.88 bits per heavy atom. The Morgan fingerprint density at radius 3 is 2.50 bits per heavy atom. The van der Waals surface area contributed by atoms with Crippen LogP contribution in [0.4, 0.5) is 0 Å². The van der Waals surface area contributed by atoms with Gasteiger partial charge in [-0.1, -0.05) is 13.3 Å². The lowest BCUT2D eigenvalue weighted by atomic mass is 9.98. The van der Waals surface area contributed by atoms with Gasteiger partial charge in [-0.2, -0.15) is 0 Å². The van der Waals surface area contributed by atoms with Gasteiger partial charge >= 0.3 is 0 Å². The van der Waals surface area contributed by atoms with Gasteiger partial charge in [0.05, 0.1) is 14.2 Å². The van der Waals surface area contributed by atoms with Crippen molar-refractivity contribution in [3.05, 3.63) is 23.3 Å². The number of hydrogen-bond acceptors (Lipinski definition) is 4. The summed E-state index contributed by atoms with van der Waals surface area (Å²) in [4.78, 5) is 16.4. The van der Waals surface area contributed by atoms with E-state index in [1.54, 1.807) is 14.2 Å². The molecule has 0 aromatic heterocycles. The molecule has 0 spiro atoms. The van der Waals surface area contributed by atoms with E-state index in [4.69, 9.17) is 9.47 Å². The van der Waals surface area contributed by atoms with Crippen molar-refractivity contribution in [3.63, 3.8) is 0 Å².